The molecular formula is C13H15NO2. The molecule has 16 heavy (non-hydrogen) atoms. The molecule has 1 N–H and O–H groups in total. The van der Waals surface area contributed by atoms with E-state index in [0.29, 0.717) is 5.56 Å². The molecule has 1 unspecified atom stereocenters. The van der Waals surface area contributed by atoms with Crippen LogP contribution in [0.4, 0.5) is 0 Å². The Kier molecular flexibility index (Phi) is 3.55. The van der Waals surface area contributed by atoms with E-state index in [1.807, 2.05) is 12.1 Å². The van der Waals surface area contributed by atoms with Gasteiger partial charge in [-0.1, -0.05) is 12.1 Å². The first kappa shape index (κ1) is 11.1. The van der Waals surface area contributed by atoms with Crippen LogP contribution in [0.3, 0.4) is 0 Å². The SMILES string of the molecule is N#Cc1cccc(C(O)C2CCOCC2)c1. The lowest BCUT2D eigenvalue weighted by Gasteiger charge is -2.27. The third-order valence-corrected chi connectivity index (χ3v) is 3.07. The zero-order valence-electron chi connectivity index (χ0n) is 9.10. The Morgan fingerprint density at radius 3 is 2.81 bits per heavy atom. The van der Waals surface area contributed by atoms with E-state index in [1.165, 1.54) is 0 Å². The molecule has 1 aliphatic rings. The second kappa shape index (κ2) is 5.11. The van der Waals surface area contributed by atoms with Crippen molar-refractivity contribution in [3.05, 3.63) is 35.4 Å². The summed E-state index contributed by atoms with van der Waals surface area (Å²) >= 11 is 0. The maximum atomic E-state index is 10.2. The number of hydrogen-bond acceptors (Lipinski definition) is 3. The van der Waals surface area contributed by atoms with E-state index in [2.05, 4.69) is 6.07 Å². The molecule has 1 fully saturated rings. The molecule has 2 rings (SSSR count). The summed E-state index contributed by atoms with van der Waals surface area (Å²) in [5, 5.41) is 19.0. The van der Waals surface area contributed by atoms with Crippen molar-refractivity contribution in [1.29, 1.82) is 5.26 Å². The normalized spacial score (nSPS) is 19.0. The number of nitriles is 1. The minimum atomic E-state index is -0.475. The van der Waals surface area contributed by atoms with Crippen molar-refractivity contribution < 1.29 is 9.84 Å². The highest BCUT2D eigenvalue weighted by molar-refractivity contribution is 5.33. The summed E-state index contributed by atoms with van der Waals surface area (Å²) in [6.45, 7) is 1.44. The lowest BCUT2D eigenvalue weighted by Crippen LogP contribution is -2.21. The summed E-state index contributed by atoms with van der Waals surface area (Å²) in [6.07, 6.45) is 1.30. The predicted octanol–water partition coefficient (Wildman–Crippen LogP) is 2.02. The fraction of sp³-hybridized carbons (Fsp3) is 0.462. The highest BCUT2D eigenvalue weighted by Gasteiger charge is 2.23. The number of nitrogens with zero attached hydrogens (tertiary/aromatic N) is 1. The van der Waals surface area contributed by atoms with Gasteiger partial charge in [0.05, 0.1) is 17.7 Å². The van der Waals surface area contributed by atoms with Crippen LogP contribution >= 0.6 is 0 Å². The molecular weight excluding hydrogens is 202 g/mol. The van der Waals surface area contributed by atoms with Gasteiger partial charge in [0.25, 0.3) is 0 Å². The number of rotatable bonds is 2. The van der Waals surface area contributed by atoms with Crippen molar-refractivity contribution in [2.45, 2.75) is 18.9 Å². The molecule has 84 valence electrons. The molecule has 1 saturated heterocycles. The summed E-state index contributed by atoms with van der Waals surface area (Å²) in [7, 11) is 0. The summed E-state index contributed by atoms with van der Waals surface area (Å²) in [6, 6.07) is 9.30. The van der Waals surface area contributed by atoms with Crippen molar-refractivity contribution in [3.8, 4) is 6.07 Å². The van der Waals surface area contributed by atoms with Gasteiger partial charge in [-0.25, -0.2) is 0 Å². The van der Waals surface area contributed by atoms with Crippen molar-refractivity contribution in [2.24, 2.45) is 5.92 Å². The second-order valence-electron chi connectivity index (χ2n) is 4.13. The molecule has 0 aromatic heterocycles. The number of ether oxygens (including phenoxy) is 1. The summed E-state index contributed by atoms with van der Waals surface area (Å²) in [5.41, 5.74) is 1.44. The topological polar surface area (TPSA) is 53.2 Å². The average molecular weight is 217 g/mol. The van der Waals surface area contributed by atoms with Crippen LogP contribution in [0, 0.1) is 17.2 Å². The van der Waals surface area contributed by atoms with Crippen LogP contribution in [-0.4, -0.2) is 18.3 Å². The van der Waals surface area contributed by atoms with Crippen LogP contribution in [0.15, 0.2) is 24.3 Å². The lowest BCUT2D eigenvalue weighted by molar-refractivity contribution is 0.00718. The maximum absolute atomic E-state index is 10.2. The van der Waals surface area contributed by atoms with Crippen molar-refractivity contribution in [3.63, 3.8) is 0 Å². The molecule has 1 aromatic rings. The monoisotopic (exact) mass is 217 g/mol. The molecule has 0 saturated carbocycles. The Labute approximate surface area is 95.3 Å². The van der Waals surface area contributed by atoms with E-state index in [-0.39, 0.29) is 5.92 Å². The van der Waals surface area contributed by atoms with Crippen molar-refractivity contribution in [2.75, 3.05) is 13.2 Å². The van der Waals surface area contributed by atoms with E-state index >= 15 is 0 Å². The number of hydrogen-bond donors (Lipinski definition) is 1. The Morgan fingerprint density at radius 1 is 1.38 bits per heavy atom. The fourth-order valence-electron chi connectivity index (χ4n) is 2.10. The van der Waals surface area contributed by atoms with E-state index in [0.717, 1.165) is 31.6 Å². The molecule has 0 bridgehead atoms. The van der Waals surface area contributed by atoms with Gasteiger partial charge >= 0.3 is 0 Å². The number of aliphatic hydroxyl groups excluding tert-OH is 1. The van der Waals surface area contributed by atoms with Gasteiger partial charge in [0.15, 0.2) is 0 Å². The van der Waals surface area contributed by atoms with Crippen LogP contribution < -0.4 is 0 Å². The lowest BCUT2D eigenvalue weighted by atomic mass is 9.89. The fourth-order valence-corrected chi connectivity index (χ4v) is 2.10. The van der Waals surface area contributed by atoms with Crippen molar-refractivity contribution in [1.82, 2.24) is 0 Å². The Hall–Kier alpha value is -1.37. The molecule has 0 amide bonds. The molecule has 1 aliphatic heterocycles. The minimum absolute atomic E-state index is 0.252. The van der Waals surface area contributed by atoms with E-state index in [4.69, 9.17) is 10.00 Å². The first-order valence-electron chi connectivity index (χ1n) is 5.57. The minimum Gasteiger partial charge on any atom is -0.388 e. The Morgan fingerprint density at radius 2 is 2.12 bits per heavy atom. The summed E-state index contributed by atoms with van der Waals surface area (Å²) in [4.78, 5) is 0. The van der Waals surface area contributed by atoms with Gasteiger partial charge in [-0.05, 0) is 36.5 Å². The molecule has 0 spiro atoms. The Balaban J connectivity index is 2.13. The maximum Gasteiger partial charge on any atom is 0.0991 e. The first-order valence-corrected chi connectivity index (χ1v) is 5.57. The molecule has 1 heterocycles. The van der Waals surface area contributed by atoms with E-state index < -0.39 is 6.10 Å². The smallest absolute Gasteiger partial charge is 0.0991 e. The van der Waals surface area contributed by atoms with Crippen LogP contribution in [0.1, 0.15) is 30.1 Å². The van der Waals surface area contributed by atoms with Crippen LogP contribution in [0.2, 0.25) is 0 Å². The molecule has 3 heteroatoms. The standard InChI is InChI=1S/C13H15NO2/c14-9-10-2-1-3-12(8-10)13(15)11-4-6-16-7-5-11/h1-3,8,11,13,15H,4-7H2. The van der Waals surface area contributed by atoms with Gasteiger partial charge in [-0.15, -0.1) is 0 Å². The first-order chi connectivity index (χ1) is 7.81. The zero-order chi connectivity index (χ0) is 11.4. The second-order valence-corrected chi connectivity index (χ2v) is 4.13. The van der Waals surface area contributed by atoms with E-state index in [9.17, 15) is 5.11 Å². The number of benzene rings is 1. The van der Waals surface area contributed by atoms with Crippen LogP contribution in [0.25, 0.3) is 0 Å². The van der Waals surface area contributed by atoms with Crippen molar-refractivity contribution >= 4 is 0 Å². The van der Waals surface area contributed by atoms with Gasteiger partial charge in [-0.2, -0.15) is 5.26 Å². The largest absolute Gasteiger partial charge is 0.388 e. The zero-order valence-corrected chi connectivity index (χ0v) is 9.10. The van der Waals surface area contributed by atoms with Crippen LogP contribution in [0.5, 0.6) is 0 Å². The van der Waals surface area contributed by atoms with E-state index in [1.54, 1.807) is 12.1 Å². The van der Waals surface area contributed by atoms with Gasteiger partial charge in [-0.3, -0.25) is 0 Å². The highest BCUT2D eigenvalue weighted by Crippen LogP contribution is 2.30. The molecule has 3 nitrogen and oxygen atoms in total. The summed E-state index contributed by atoms with van der Waals surface area (Å²) in [5.74, 6) is 0.252. The summed E-state index contributed by atoms with van der Waals surface area (Å²) < 4.78 is 5.27. The third kappa shape index (κ3) is 2.41. The van der Waals surface area contributed by atoms with Gasteiger partial charge < -0.3 is 9.84 Å². The van der Waals surface area contributed by atoms with Gasteiger partial charge in [0.1, 0.15) is 0 Å². The van der Waals surface area contributed by atoms with Gasteiger partial charge in [0.2, 0.25) is 0 Å². The predicted molar refractivity (Wildman–Crippen MR) is 59.7 cm³/mol. The van der Waals surface area contributed by atoms with Gasteiger partial charge in [0, 0.05) is 13.2 Å². The third-order valence-electron chi connectivity index (χ3n) is 3.07. The molecule has 1 aromatic carbocycles. The average Bonchev–Trinajstić information content (AvgIpc) is 2.39. The number of aliphatic hydroxyl groups is 1. The molecule has 1 atom stereocenters. The highest BCUT2D eigenvalue weighted by atomic mass is 16.5. The van der Waals surface area contributed by atoms with Crippen LogP contribution in [-0.2, 0) is 4.74 Å². The quantitative estimate of drug-likeness (QED) is 0.824. The molecule has 0 radical (unpaired) electrons. The molecule has 0 aliphatic carbocycles. The Bertz CT molecular complexity index is 391.